The molecule has 1 aliphatic heterocycles. The number of aromatic nitrogens is 2. The molecule has 1 fully saturated rings. The topological polar surface area (TPSA) is 81.6 Å². The third-order valence-corrected chi connectivity index (χ3v) is 4.95. The molecule has 0 spiro atoms. The standard InChI is InChI=1S/C18H25N3O4/c1-11-7-15(25-19-11)8-14-9-21(10-17(14)23-4)18(22)6-5-16-12(2)20-24-13(16)3/h7,14,17H,5-6,8-10H2,1-4H3/t14-,17+/m1/s1. The van der Waals surface area contributed by atoms with Crippen LogP contribution in [0.2, 0.25) is 0 Å². The number of methoxy groups -OCH3 is 1. The van der Waals surface area contributed by atoms with Crippen LogP contribution in [-0.2, 0) is 22.4 Å². The molecule has 136 valence electrons. The number of carbonyl (C=O) groups excluding carboxylic acids is 1. The number of nitrogens with zero attached hydrogens (tertiary/aromatic N) is 3. The number of hydrogen-bond acceptors (Lipinski definition) is 6. The highest BCUT2D eigenvalue weighted by Gasteiger charge is 2.36. The van der Waals surface area contributed by atoms with Gasteiger partial charge in [-0.3, -0.25) is 4.79 Å². The van der Waals surface area contributed by atoms with Gasteiger partial charge in [0.15, 0.2) is 0 Å². The highest BCUT2D eigenvalue weighted by molar-refractivity contribution is 5.77. The van der Waals surface area contributed by atoms with Gasteiger partial charge in [-0.1, -0.05) is 10.3 Å². The Bertz CT molecular complexity index is 717. The molecule has 7 heteroatoms. The van der Waals surface area contributed by atoms with Gasteiger partial charge in [-0.2, -0.15) is 0 Å². The van der Waals surface area contributed by atoms with Gasteiger partial charge in [0.25, 0.3) is 0 Å². The minimum absolute atomic E-state index is 0.0217. The zero-order chi connectivity index (χ0) is 18.0. The Kier molecular flexibility index (Phi) is 5.22. The van der Waals surface area contributed by atoms with Gasteiger partial charge in [0, 0.05) is 50.6 Å². The molecule has 0 aromatic carbocycles. The minimum Gasteiger partial charge on any atom is -0.379 e. The van der Waals surface area contributed by atoms with Gasteiger partial charge in [-0.25, -0.2) is 0 Å². The quantitative estimate of drug-likeness (QED) is 0.797. The first-order valence-corrected chi connectivity index (χ1v) is 8.62. The Hall–Kier alpha value is -2.15. The number of rotatable bonds is 6. The lowest BCUT2D eigenvalue weighted by atomic mass is 10.0. The van der Waals surface area contributed by atoms with Crippen LogP contribution in [-0.4, -0.2) is 47.4 Å². The van der Waals surface area contributed by atoms with E-state index in [9.17, 15) is 4.79 Å². The van der Waals surface area contributed by atoms with Crippen LogP contribution in [0.4, 0.5) is 0 Å². The third-order valence-electron chi connectivity index (χ3n) is 4.95. The molecule has 1 amide bonds. The second kappa shape index (κ2) is 7.39. The predicted molar refractivity (Wildman–Crippen MR) is 90.1 cm³/mol. The van der Waals surface area contributed by atoms with Crippen LogP contribution in [0.5, 0.6) is 0 Å². The summed E-state index contributed by atoms with van der Waals surface area (Å²) >= 11 is 0. The molecule has 0 N–H and O–H groups in total. The molecule has 2 aromatic rings. The normalized spacial score (nSPS) is 20.4. The maximum Gasteiger partial charge on any atom is 0.223 e. The van der Waals surface area contributed by atoms with Crippen molar-refractivity contribution in [1.82, 2.24) is 15.2 Å². The van der Waals surface area contributed by atoms with Crippen LogP contribution in [0.25, 0.3) is 0 Å². The van der Waals surface area contributed by atoms with Crippen molar-refractivity contribution in [3.8, 4) is 0 Å². The molecule has 0 bridgehead atoms. The second-order valence-electron chi connectivity index (χ2n) is 6.77. The first-order chi connectivity index (χ1) is 12.0. The molecule has 3 heterocycles. The number of aryl methyl sites for hydroxylation is 3. The summed E-state index contributed by atoms with van der Waals surface area (Å²) in [6.07, 6.45) is 1.86. The SMILES string of the molecule is CO[C@H]1CN(C(=O)CCc2c(C)noc2C)C[C@H]1Cc1cc(C)no1. The number of carbonyl (C=O) groups is 1. The van der Waals surface area contributed by atoms with Gasteiger partial charge >= 0.3 is 0 Å². The zero-order valence-electron chi connectivity index (χ0n) is 15.2. The van der Waals surface area contributed by atoms with Gasteiger partial charge < -0.3 is 18.7 Å². The number of amides is 1. The van der Waals surface area contributed by atoms with Crippen LogP contribution in [0.15, 0.2) is 15.1 Å². The van der Waals surface area contributed by atoms with Gasteiger partial charge in [0.1, 0.15) is 11.5 Å². The molecule has 3 rings (SSSR count). The summed E-state index contributed by atoms with van der Waals surface area (Å²) in [6, 6.07) is 1.94. The van der Waals surface area contributed by atoms with Gasteiger partial charge in [0.05, 0.1) is 17.5 Å². The summed E-state index contributed by atoms with van der Waals surface area (Å²) in [5.41, 5.74) is 2.76. The molecular formula is C18H25N3O4. The van der Waals surface area contributed by atoms with Crippen molar-refractivity contribution in [3.05, 3.63) is 34.5 Å². The second-order valence-corrected chi connectivity index (χ2v) is 6.77. The van der Waals surface area contributed by atoms with E-state index in [1.165, 1.54) is 0 Å². The molecule has 25 heavy (non-hydrogen) atoms. The monoisotopic (exact) mass is 347 g/mol. The van der Waals surface area contributed by atoms with E-state index in [0.717, 1.165) is 34.9 Å². The van der Waals surface area contributed by atoms with E-state index in [0.29, 0.717) is 25.9 Å². The number of hydrogen-bond donors (Lipinski definition) is 0. The van der Waals surface area contributed by atoms with Crippen LogP contribution in [0.1, 0.15) is 34.9 Å². The van der Waals surface area contributed by atoms with Crippen molar-refractivity contribution < 1.29 is 18.6 Å². The Morgan fingerprint density at radius 2 is 2.08 bits per heavy atom. The highest BCUT2D eigenvalue weighted by Crippen LogP contribution is 2.25. The van der Waals surface area contributed by atoms with E-state index in [4.69, 9.17) is 13.8 Å². The fourth-order valence-corrected chi connectivity index (χ4v) is 3.53. The minimum atomic E-state index is 0.0217. The van der Waals surface area contributed by atoms with E-state index >= 15 is 0 Å². The summed E-state index contributed by atoms with van der Waals surface area (Å²) < 4.78 is 16.1. The van der Waals surface area contributed by atoms with E-state index in [-0.39, 0.29) is 17.9 Å². The molecule has 1 aliphatic rings. The Balaban J connectivity index is 1.58. The van der Waals surface area contributed by atoms with E-state index in [1.54, 1.807) is 7.11 Å². The predicted octanol–water partition coefficient (Wildman–Crippen LogP) is 2.24. The lowest BCUT2D eigenvalue weighted by Gasteiger charge is -2.15. The summed E-state index contributed by atoms with van der Waals surface area (Å²) in [7, 11) is 1.70. The maximum absolute atomic E-state index is 12.6. The number of ether oxygens (including phenoxy) is 1. The number of likely N-dealkylation sites (tertiary alicyclic amines) is 1. The molecule has 1 saturated heterocycles. The van der Waals surface area contributed by atoms with Gasteiger partial charge in [-0.15, -0.1) is 0 Å². The van der Waals surface area contributed by atoms with E-state index in [2.05, 4.69) is 10.3 Å². The van der Waals surface area contributed by atoms with Crippen LogP contribution < -0.4 is 0 Å². The van der Waals surface area contributed by atoms with Crippen LogP contribution in [0, 0.1) is 26.7 Å². The van der Waals surface area contributed by atoms with Crippen molar-refractivity contribution >= 4 is 5.91 Å². The lowest BCUT2D eigenvalue weighted by Crippen LogP contribution is -2.30. The Labute approximate surface area is 147 Å². The Morgan fingerprint density at radius 3 is 2.68 bits per heavy atom. The van der Waals surface area contributed by atoms with Gasteiger partial charge in [-0.05, 0) is 27.2 Å². The van der Waals surface area contributed by atoms with Gasteiger partial charge in [0.2, 0.25) is 5.91 Å². The molecule has 7 nitrogen and oxygen atoms in total. The summed E-state index contributed by atoms with van der Waals surface area (Å²) in [6.45, 7) is 6.99. The average Bonchev–Trinajstić information content (AvgIpc) is 3.26. The maximum atomic E-state index is 12.6. The van der Waals surface area contributed by atoms with Crippen molar-refractivity contribution in [2.24, 2.45) is 5.92 Å². The van der Waals surface area contributed by atoms with E-state index in [1.807, 2.05) is 31.7 Å². The fraction of sp³-hybridized carbons (Fsp3) is 0.611. The first-order valence-electron chi connectivity index (χ1n) is 8.62. The molecule has 0 unspecified atom stereocenters. The van der Waals surface area contributed by atoms with Crippen molar-refractivity contribution in [2.45, 2.75) is 46.1 Å². The summed E-state index contributed by atoms with van der Waals surface area (Å²) in [5, 5.41) is 7.87. The molecule has 2 atom stereocenters. The lowest BCUT2D eigenvalue weighted by molar-refractivity contribution is -0.130. The Morgan fingerprint density at radius 1 is 1.28 bits per heavy atom. The highest BCUT2D eigenvalue weighted by atomic mass is 16.5. The first kappa shape index (κ1) is 17.7. The molecule has 0 radical (unpaired) electrons. The zero-order valence-corrected chi connectivity index (χ0v) is 15.2. The van der Waals surface area contributed by atoms with Crippen molar-refractivity contribution in [1.29, 1.82) is 0 Å². The molecular weight excluding hydrogens is 322 g/mol. The van der Waals surface area contributed by atoms with Crippen molar-refractivity contribution in [2.75, 3.05) is 20.2 Å². The van der Waals surface area contributed by atoms with E-state index < -0.39 is 0 Å². The van der Waals surface area contributed by atoms with Crippen LogP contribution >= 0.6 is 0 Å². The molecule has 2 aromatic heterocycles. The average molecular weight is 347 g/mol. The third kappa shape index (κ3) is 3.92. The van der Waals surface area contributed by atoms with Crippen LogP contribution in [0.3, 0.4) is 0 Å². The fourth-order valence-electron chi connectivity index (χ4n) is 3.53. The summed E-state index contributed by atoms with van der Waals surface area (Å²) in [5.74, 6) is 1.99. The molecule has 0 aliphatic carbocycles. The smallest absolute Gasteiger partial charge is 0.223 e. The summed E-state index contributed by atoms with van der Waals surface area (Å²) in [4.78, 5) is 14.5. The largest absolute Gasteiger partial charge is 0.379 e. The van der Waals surface area contributed by atoms with Crippen molar-refractivity contribution in [3.63, 3.8) is 0 Å². The molecule has 0 saturated carbocycles.